The van der Waals surface area contributed by atoms with Crippen LogP contribution in [0.1, 0.15) is 18.4 Å². The Kier molecular flexibility index (Phi) is 4.44. The van der Waals surface area contributed by atoms with Crippen molar-refractivity contribution in [3.8, 4) is 0 Å². The van der Waals surface area contributed by atoms with E-state index in [1.165, 1.54) is 0 Å². The van der Waals surface area contributed by atoms with Crippen molar-refractivity contribution in [1.82, 2.24) is 19.9 Å². The molecule has 2 aliphatic heterocycles. The maximum Gasteiger partial charge on any atom is 0.238 e. The molecular formula is C20H22N6OS. The quantitative estimate of drug-likeness (QED) is 0.733. The molecule has 0 aliphatic carbocycles. The van der Waals surface area contributed by atoms with Gasteiger partial charge in [-0.3, -0.25) is 9.69 Å². The number of nitrogens with zero attached hydrogens (tertiary/aromatic N) is 5. The van der Waals surface area contributed by atoms with Crippen LogP contribution >= 0.6 is 11.3 Å². The summed E-state index contributed by atoms with van der Waals surface area (Å²) in [6, 6.07) is 8.62. The van der Waals surface area contributed by atoms with Crippen LogP contribution in [0.4, 0.5) is 11.5 Å². The Balaban J connectivity index is 1.29. The minimum Gasteiger partial charge on any atom is -0.346 e. The zero-order valence-electron chi connectivity index (χ0n) is 15.7. The molecule has 2 aromatic heterocycles. The molecule has 2 saturated heterocycles. The largest absolute Gasteiger partial charge is 0.346 e. The Bertz CT molecular complexity index is 1010. The first-order chi connectivity index (χ1) is 13.7. The van der Waals surface area contributed by atoms with Crippen LogP contribution in [0.3, 0.4) is 0 Å². The number of likely N-dealkylation sites (tertiary alicyclic amines) is 1. The van der Waals surface area contributed by atoms with Gasteiger partial charge in [0.2, 0.25) is 5.91 Å². The van der Waals surface area contributed by atoms with Gasteiger partial charge in [-0.2, -0.15) is 0 Å². The number of carbonyl (C=O) groups is 1. The predicted molar refractivity (Wildman–Crippen MR) is 111 cm³/mol. The summed E-state index contributed by atoms with van der Waals surface area (Å²) in [4.78, 5) is 31.5. The zero-order valence-corrected chi connectivity index (χ0v) is 16.5. The Morgan fingerprint density at radius 3 is 2.75 bits per heavy atom. The number of anilines is 2. The first-order valence-electron chi connectivity index (χ1n) is 9.59. The van der Waals surface area contributed by atoms with Crippen molar-refractivity contribution in [2.75, 3.05) is 29.9 Å². The number of para-hydroxylation sites is 1. The fourth-order valence-corrected chi connectivity index (χ4v) is 5.06. The first kappa shape index (κ1) is 17.5. The van der Waals surface area contributed by atoms with Crippen LogP contribution in [0.25, 0.3) is 10.3 Å². The van der Waals surface area contributed by atoms with Crippen LogP contribution in [0.2, 0.25) is 0 Å². The van der Waals surface area contributed by atoms with Gasteiger partial charge in [0.1, 0.15) is 16.7 Å². The maximum atomic E-state index is 12.6. The number of hydrogen-bond donors (Lipinski definition) is 1. The molecule has 28 heavy (non-hydrogen) atoms. The van der Waals surface area contributed by atoms with Crippen molar-refractivity contribution < 1.29 is 4.79 Å². The van der Waals surface area contributed by atoms with Gasteiger partial charge in [0.05, 0.1) is 12.1 Å². The topological polar surface area (TPSA) is 74.2 Å². The van der Waals surface area contributed by atoms with Crippen LogP contribution < -0.4 is 10.2 Å². The summed E-state index contributed by atoms with van der Waals surface area (Å²) in [6.07, 6.45) is 3.88. The highest BCUT2D eigenvalue weighted by atomic mass is 32.1. The molecule has 3 aromatic rings. The van der Waals surface area contributed by atoms with Gasteiger partial charge in [-0.05, 0) is 31.4 Å². The summed E-state index contributed by atoms with van der Waals surface area (Å²) < 4.78 is 0. The number of rotatable bonds is 4. The fourth-order valence-electron chi connectivity index (χ4n) is 4.44. The van der Waals surface area contributed by atoms with E-state index in [4.69, 9.17) is 0 Å². The van der Waals surface area contributed by atoms with Crippen molar-refractivity contribution >= 4 is 39.1 Å². The van der Waals surface area contributed by atoms with Gasteiger partial charge in [-0.15, -0.1) is 11.3 Å². The lowest BCUT2D eigenvalue weighted by Crippen LogP contribution is -2.55. The summed E-state index contributed by atoms with van der Waals surface area (Å²) >= 11 is 1.55. The predicted octanol–water partition coefficient (Wildman–Crippen LogP) is 2.69. The molecule has 1 N–H and O–H groups in total. The van der Waals surface area contributed by atoms with Gasteiger partial charge in [-0.25, -0.2) is 15.0 Å². The molecule has 8 heteroatoms. The molecule has 5 rings (SSSR count). The van der Waals surface area contributed by atoms with Gasteiger partial charge < -0.3 is 10.2 Å². The van der Waals surface area contributed by atoms with E-state index in [2.05, 4.69) is 30.1 Å². The molecule has 2 fully saturated rings. The summed E-state index contributed by atoms with van der Waals surface area (Å²) in [5, 5.41) is 3.05. The number of hydrogen-bond acceptors (Lipinski definition) is 7. The second-order valence-corrected chi connectivity index (χ2v) is 8.39. The van der Waals surface area contributed by atoms with Gasteiger partial charge in [0, 0.05) is 30.9 Å². The molecule has 0 saturated carbocycles. The van der Waals surface area contributed by atoms with Crippen LogP contribution in [0.15, 0.2) is 36.1 Å². The third kappa shape index (κ3) is 3.12. The van der Waals surface area contributed by atoms with Crippen LogP contribution in [-0.4, -0.2) is 57.5 Å². The molecule has 2 unspecified atom stereocenters. The minimum absolute atomic E-state index is 0.0473. The highest BCUT2D eigenvalue weighted by molar-refractivity contribution is 7.16. The van der Waals surface area contributed by atoms with Crippen molar-refractivity contribution in [2.45, 2.75) is 31.8 Å². The summed E-state index contributed by atoms with van der Waals surface area (Å²) in [6.45, 7) is 4.17. The summed E-state index contributed by atoms with van der Waals surface area (Å²) in [7, 11) is 0. The summed E-state index contributed by atoms with van der Waals surface area (Å²) in [5.41, 5.74) is 4.70. The van der Waals surface area contributed by atoms with E-state index in [0.717, 1.165) is 53.3 Å². The minimum atomic E-state index is 0.0473. The van der Waals surface area contributed by atoms with E-state index in [-0.39, 0.29) is 5.91 Å². The van der Waals surface area contributed by atoms with E-state index < -0.39 is 0 Å². The van der Waals surface area contributed by atoms with Crippen molar-refractivity contribution in [3.05, 3.63) is 41.7 Å². The molecule has 2 bridgehead atoms. The third-order valence-electron chi connectivity index (χ3n) is 5.70. The average Bonchev–Trinajstić information content (AvgIpc) is 3.26. The molecule has 7 nitrogen and oxygen atoms in total. The number of aromatic nitrogens is 3. The zero-order chi connectivity index (χ0) is 19.1. The van der Waals surface area contributed by atoms with Gasteiger partial charge in [0.15, 0.2) is 5.82 Å². The van der Waals surface area contributed by atoms with Crippen LogP contribution in [0, 0.1) is 6.92 Å². The average molecular weight is 395 g/mol. The SMILES string of the molecule is Cc1ccccc1NC(=O)CN1CC2CCC(C1)N2c1ncnc2scnc12. The maximum absolute atomic E-state index is 12.6. The number of thiazole rings is 1. The number of amides is 1. The van der Waals surface area contributed by atoms with E-state index >= 15 is 0 Å². The number of benzene rings is 1. The van der Waals surface area contributed by atoms with E-state index in [1.807, 2.05) is 36.7 Å². The van der Waals surface area contributed by atoms with Gasteiger partial charge >= 0.3 is 0 Å². The molecule has 144 valence electrons. The van der Waals surface area contributed by atoms with Crippen molar-refractivity contribution in [2.24, 2.45) is 0 Å². The highest BCUT2D eigenvalue weighted by Crippen LogP contribution is 2.36. The van der Waals surface area contributed by atoms with Crippen molar-refractivity contribution in [1.29, 1.82) is 0 Å². The molecule has 1 aromatic carbocycles. The molecule has 0 spiro atoms. The lowest BCUT2D eigenvalue weighted by atomic mass is 10.1. The number of fused-ring (bicyclic) bond motifs is 3. The monoisotopic (exact) mass is 394 g/mol. The number of piperazine rings is 1. The van der Waals surface area contributed by atoms with Crippen LogP contribution in [0.5, 0.6) is 0 Å². The number of carbonyl (C=O) groups excluding carboxylic acids is 1. The molecule has 0 radical (unpaired) electrons. The number of nitrogens with one attached hydrogen (secondary N) is 1. The van der Waals surface area contributed by atoms with E-state index in [0.29, 0.717) is 18.6 Å². The highest BCUT2D eigenvalue weighted by Gasteiger charge is 2.41. The standard InChI is InChI=1S/C20H22N6OS/c1-13-4-2-3-5-16(13)24-17(27)10-25-8-14-6-7-15(9-25)26(14)19-18-20(22-11-21-19)28-12-23-18/h2-5,11-12,14-15H,6-10H2,1H3,(H,24,27). The molecule has 1 amide bonds. The first-order valence-corrected chi connectivity index (χ1v) is 10.5. The Morgan fingerprint density at radius 1 is 1.18 bits per heavy atom. The van der Waals surface area contributed by atoms with E-state index in [1.54, 1.807) is 17.7 Å². The second-order valence-electron chi connectivity index (χ2n) is 7.55. The van der Waals surface area contributed by atoms with Crippen LogP contribution in [-0.2, 0) is 4.79 Å². The third-order valence-corrected chi connectivity index (χ3v) is 6.44. The van der Waals surface area contributed by atoms with Gasteiger partial charge in [0.25, 0.3) is 0 Å². The Hall–Kier alpha value is -2.58. The second kappa shape index (κ2) is 7.10. The summed E-state index contributed by atoms with van der Waals surface area (Å²) in [5.74, 6) is 0.994. The Labute approximate surface area is 167 Å². The van der Waals surface area contributed by atoms with E-state index in [9.17, 15) is 4.79 Å². The lowest BCUT2D eigenvalue weighted by molar-refractivity contribution is -0.117. The molecule has 2 atom stereocenters. The smallest absolute Gasteiger partial charge is 0.238 e. The van der Waals surface area contributed by atoms with Crippen molar-refractivity contribution in [3.63, 3.8) is 0 Å². The fraction of sp³-hybridized carbons (Fsp3) is 0.400. The Morgan fingerprint density at radius 2 is 1.96 bits per heavy atom. The lowest BCUT2D eigenvalue weighted by Gasteiger charge is -2.41. The van der Waals surface area contributed by atoms with Gasteiger partial charge in [-0.1, -0.05) is 18.2 Å². The molecule has 2 aliphatic rings. The molecular weight excluding hydrogens is 372 g/mol. The number of aryl methyl sites for hydroxylation is 1. The molecule has 4 heterocycles. The normalized spacial score (nSPS) is 22.0.